The number of hydrogen-bond acceptors (Lipinski definition) is 5. The van der Waals surface area contributed by atoms with E-state index >= 15 is 0 Å². The van der Waals surface area contributed by atoms with Crippen molar-refractivity contribution in [1.29, 1.82) is 0 Å². The largest absolute Gasteiger partial charge is 0.497 e. The fourth-order valence-corrected chi connectivity index (χ4v) is 2.99. The first-order chi connectivity index (χ1) is 10.2. The van der Waals surface area contributed by atoms with Crippen LogP contribution in [0.4, 0.5) is 0 Å². The van der Waals surface area contributed by atoms with Gasteiger partial charge in [-0.3, -0.25) is 14.8 Å². The number of methoxy groups -OCH3 is 1. The van der Waals surface area contributed by atoms with Crippen LogP contribution < -0.4 is 10.5 Å². The number of pyridine rings is 1. The maximum absolute atomic E-state index is 5.84. The number of hydrogen-bond donors (Lipinski definition) is 1. The van der Waals surface area contributed by atoms with Gasteiger partial charge >= 0.3 is 0 Å². The van der Waals surface area contributed by atoms with Crippen LogP contribution in [0, 0.1) is 6.92 Å². The van der Waals surface area contributed by atoms with Gasteiger partial charge in [0.25, 0.3) is 0 Å². The molecular weight excluding hydrogens is 264 g/mol. The van der Waals surface area contributed by atoms with Crippen LogP contribution in [0.5, 0.6) is 5.75 Å². The number of piperazine rings is 1. The van der Waals surface area contributed by atoms with Crippen LogP contribution in [0.25, 0.3) is 0 Å². The van der Waals surface area contributed by atoms with Gasteiger partial charge in [-0.15, -0.1) is 0 Å². The Balaban J connectivity index is 1.90. The zero-order valence-corrected chi connectivity index (χ0v) is 13.5. The third-order valence-electron chi connectivity index (χ3n) is 4.27. The number of aryl methyl sites for hydroxylation is 1. The maximum atomic E-state index is 5.84. The summed E-state index contributed by atoms with van der Waals surface area (Å²) >= 11 is 0. The normalized spacial score (nSPS) is 18.7. The molecule has 2 rings (SSSR count). The molecule has 1 atom stereocenters. The second kappa shape index (κ2) is 7.73. The lowest BCUT2D eigenvalue weighted by Crippen LogP contribution is -2.51. The molecule has 0 spiro atoms. The van der Waals surface area contributed by atoms with E-state index in [2.05, 4.69) is 21.7 Å². The molecule has 2 N–H and O–H groups in total. The fraction of sp³-hybridized carbons (Fsp3) is 0.688. The molecule has 1 aliphatic heterocycles. The molecule has 1 saturated heterocycles. The van der Waals surface area contributed by atoms with Crippen LogP contribution in [0.3, 0.4) is 0 Å². The molecule has 0 saturated carbocycles. The number of aromatic nitrogens is 1. The van der Waals surface area contributed by atoms with E-state index in [4.69, 9.17) is 10.5 Å². The van der Waals surface area contributed by atoms with Crippen LogP contribution in [0.15, 0.2) is 12.1 Å². The monoisotopic (exact) mass is 292 g/mol. The summed E-state index contributed by atoms with van der Waals surface area (Å²) in [7, 11) is 1.70. The minimum Gasteiger partial charge on any atom is -0.497 e. The van der Waals surface area contributed by atoms with Crippen LogP contribution in [-0.4, -0.2) is 60.7 Å². The van der Waals surface area contributed by atoms with E-state index in [0.29, 0.717) is 6.04 Å². The van der Waals surface area contributed by atoms with Gasteiger partial charge in [0.2, 0.25) is 0 Å². The molecule has 21 heavy (non-hydrogen) atoms. The summed E-state index contributed by atoms with van der Waals surface area (Å²) in [6.07, 6.45) is 1.13. The molecule has 2 heterocycles. The highest BCUT2D eigenvalue weighted by atomic mass is 16.5. The fourth-order valence-electron chi connectivity index (χ4n) is 2.99. The first kappa shape index (κ1) is 16.2. The summed E-state index contributed by atoms with van der Waals surface area (Å²) in [4.78, 5) is 9.58. The van der Waals surface area contributed by atoms with Crippen LogP contribution in [0.2, 0.25) is 0 Å². The molecule has 0 aromatic carbocycles. The number of nitrogens with zero attached hydrogens (tertiary/aromatic N) is 3. The first-order valence-electron chi connectivity index (χ1n) is 7.84. The smallest absolute Gasteiger partial charge is 0.122 e. The average Bonchev–Trinajstić information content (AvgIpc) is 2.49. The minimum atomic E-state index is 0.532. The van der Waals surface area contributed by atoms with Gasteiger partial charge in [0.15, 0.2) is 0 Å². The maximum Gasteiger partial charge on any atom is 0.122 e. The van der Waals surface area contributed by atoms with E-state index in [0.717, 1.165) is 62.8 Å². The van der Waals surface area contributed by atoms with Gasteiger partial charge in [0, 0.05) is 63.1 Å². The Hall–Kier alpha value is -1.17. The summed E-state index contributed by atoms with van der Waals surface area (Å²) in [6, 6.07) is 4.53. The van der Waals surface area contributed by atoms with Gasteiger partial charge in [0.1, 0.15) is 5.75 Å². The Morgan fingerprint density at radius 3 is 2.57 bits per heavy atom. The van der Waals surface area contributed by atoms with E-state index in [1.807, 2.05) is 19.1 Å². The Morgan fingerprint density at radius 2 is 2.00 bits per heavy atom. The molecule has 1 fully saturated rings. The van der Waals surface area contributed by atoms with Crippen molar-refractivity contribution in [3.05, 3.63) is 23.5 Å². The van der Waals surface area contributed by atoms with Gasteiger partial charge < -0.3 is 10.5 Å². The number of ether oxygens (including phenoxy) is 1. The molecule has 0 aliphatic carbocycles. The third kappa shape index (κ3) is 4.40. The molecule has 1 aromatic heterocycles. The molecule has 0 radical (unpaired) electrons. The summed E-state index contributed by atoms with van der Waals surface area (Å²) in [6.45, 7) is 10.2. The van der Waals surface area contributed by atoms with Crippen molar-refractivity contribution >= 4 is 0 Å². The van der Waals surface area contributed by atoms with Gasteiger partial charge in [-0.25, -0.2) is 0 Å². The van der Waals surface area contributed by atoms with Crippen molar-refractivity contribution in [2.45, 2.75) is 32.9 Å². The molecule has 0 amide bonds. The van der Waals surface area contributed by atoms with Crippen LogP contribution in [0.1, 0.15) is 24.7 Å². The van der Waals surface area contributed by atoms with E-state index in [1.165, 1.54) is 0 Å². The first-order valence-corrected chi connectivity index (χ1v) is 7.84. The Labute approximate surface area is 128 Å². The van der Waals surface area contributed by atoms with E-state index in [-0.39, 0.29) is 0 Å². The number of rotatable bonds is 6. The molecule has 5 nitrogen and oxygen atoms in total. The molecular formula is C16H28N4O. The average molecular weight is 292 g/mol. The standard InChI is InChI=1S/C16H28N4O/c1-4-15(11-17)20-7-5-19(6-8-20)12-14-10-16(21-3)9-13(2)18-14/h9-10,15H,4-8,11-12,17H2,1-3H3. The van der Waals surface area contributed by atoms with Crippen LogP contribution >= 0.6 is 0 Å². The Kier molecular flexibility index (Phi) is 5.96. The highest BCUT2D eigenvalue weighted by molar-refractivity contribution is 5.26. The van der Waals surface area contributed by atoms with E-state index < -0.39 is 0 Å². The second-order valence-electron chi connectivity index (χ2n) is 5.75. The predicted molar refractivity (Wildman–Crippen MR) is 85.5 cm³/mol. The van der Waals surface area contributed by atoms with Crippen molar-refractivity contribution in [3.63, 3.8) is 0 Å². The SMILES string of the molecule is CCC(CN)N1CCN(Cc2cc(OC)cc(C)n2)CC1. The van der Waals surface area contributed by atoms with Crippen molar-refractivity contribution in [3.8, 4) is 5.75 Å². The molecule has 118 valence electrons. The molecule has 0 bridgehead atoms. The zero-order valence-electron chi connectivity index (χ0n) is 13.5. The van der Waals surface area contributed by atoms with Crippen LogP contribution in [-0.2, 0) is 6.54 Å². The Bertz CT molecular complexity index is 440. The lowest BCUT2D eigenvalue weighted by atomic mass is 10.1. The summed E-state index contributed by atoms with van der Waals surface area (Å²) in [5, 5.41) is 0. The molecule has 1 aliphatic rings. The highest BCUT2D eigenvalue weighted by Gasteiger charge is 2.22. The summed E-state index contributed by atoms with van der Waals surface area (Å²) in [5.41, 5.74) is 7.94. The van der Waals surface area contributed by atoms with Crippen molar-refractivity contribution < 1.29 is 4.74 Å². The second-order valence-corrected chi connectivity index (χ2v) is 5.75. The highest BCUT2D eigenvalue weighted by Crippen LogP contribution is 2.16. The summed E-state index contributed by atoms with van der Waals surface area (Å²) < 4.78 is 5.32. The summed E-state index contributed by atoms with van der Waals surface area (Å²) in [5.74, 6) is 0.894. The lowest BCUT2D eigenvalue weighted by molar-refractivity contribution is 0.0918. The van der Waals surface area contributed by atoms with Crippen molar-refractivity contribution in [2.75, 3.05) is 39.8 Å². The lowest BCUT2D eigenvalue weighted by Gasteiger charge is -2.38. The van der Waals surface area contributed by atoms with Gasteiger partial charge in [-0.2, -0.15) is 0 Å². The molecule has 1 unspecified atom stereocenters. The van der Waals surface area contributed by atoms with Crippen molar-refractivity contribution in [1.82, 2.24) is 14.8 Å². The van der Waals surface area contributed by atoms with Crippen molar-refractivity contribution in [2.24, 2.45) is 5.73 Å². The molecule has 1 aromatic rings. The predicted octanol–water partition coefficient (Wildman–Crippen LogP) is 1.25. The quantitative estimate of drug-likeness (QED) is 0.855. The van der Waals surface area contributed by atoms with Gasteiger partial charge in [-0.05, 0) is 13.3 Å². The number of nitrogens with two attached hydrogens (primary N) is 1. The topological polar surface area (TPSA) is 54.6 Å². The van der Waals surface area contributed by atoms with Gasteiger partial charge in [0.05, 0.1) is 12.8 Å². The molecule has 5 heteroatoms. The minimum absolute atomic E-state index is 0.532. The van der Waals surface area contributed by atoms with E-state index in [9.17, 15) is 0 Å². The third-order valence-corrected chi connectivity index (χ3v) is 4.27. The van der Waals surface area contributed by atoms with E-state index in [1.54, 1.807) is 7.11 Å². The van der Waals surface area contributed by atoms with Gasteiger partial charge in [-0.1, -0.05) is 6.92 Å². The Morgan fingerprint density at radius 1 is 1.29 bits per heavy atom. The zero-order chi connectivity index (χ0) is 15.2.